The van der Waals surface area contributed by atoms with Crippen molar-refractivity contribution in [3.63, 3.8) is 0 Å². The maximum Gasteiger partial charge on any atom is 0.126 e. The van der Waals surface area contributed by atoms with Gasteiger partial charge in [0.1, 0.15) is 17.3 Å². The van der Waals surface area contributed by atoms with Crippen LogP contribution in [0.1, 0.15) is 42.7 Å². The minimum atomic E-state index is -0.817. The summed E-state index contributed by atoms with van der Waals surface area (Å²) >= 11 is 0. The van der Waals surface area contributed by atoms with E-state index < -0.39 is 6.10 Å². The Morgan fingerprint density at radius 2 is 2.14 bits per heavy atom. The molecule has 2 aliphatic rings. The molecule has 0 radical (unpaired) electrons. The van der Waals surface area contributed by atoms with E-state index in [2.05, 4.69) is 14.9 Å². The van der Waals surface area contributed by atoms with E-state index in [0.29, 0.717) is 17.8 Å². The fourth-order valence-corrected chi connectivity index (χ4v) is 4.63. The topological polar surface area (TPSA) is 96.1 Å². The molecule has 1 unspecified atom stereocenters. The van der Waals surface area contributed by atoms with E-state index in [1.807, 2.05) is 37.3 Å². The third kappa shape index (κ3) is 3.20. The van der Waals surface area contributed by atoms with Gasteiger partial charge in [-0.15, -0.1) is 0 Å². The molecule has 1 aliphatic heterocycles. The van der Waals surface area contributed by atoms with Crippen LogP contribution in [0, 0.1) is 6.92 Å². The number of rotatable bonds is 6. The van der Waals surface area contributed by atoms with Gasteiger partial charge in [-0.05, 0) is 50.5 Å². The smallest absolute Gasteiger partial charge is 0.126 e. The number of aryl methyl sites for hydroxylation is 1. The largest absolute Gasteiger partial charge is 0.394 e. The Kier molecular flexibility index (Phi) is 4.56. The lowest BCUT2D eigenvalue weighted by molar-refractivity contribution is 0.105. The second-order valence-corrected chi connectivity index (χ2v) is 8.01. The Bertz CT molecular complexity index is 1050. The van der Waals surface area contributed by atoms with Crippen molar-refractivity contribution in [3.8, 4) is 22.6 Å². The summed E-state index contributed by atoms with van der Waals surface area (Å²) in [7, 11) is 0. The van der Waals surface area contributed by atoms with E-state index in [0.717, 1.165) is 28.3 Å². The molecule has 0 saturated heterocycles. The average molecular weight is 391 g/mol. The summed E-state index contributed by atoms with van der Waals surface area (Å²) in [6.45, 7) is 1.96. The number of fused-ring (bicyclic) bond motifs is 5. The number of hydrogen-bond donors (Lipinski definition) is 3. The third-order valence-corrected chi connectivity index (χ3v) is 5.97. The molecule has 150 valence electrons. The molecule has 0 amide bonds. The van der Waals surface area contributed by atoms with E-state index >= 15 is 0 Å². The Morgan fingerprint density at radius 3 is 2.97 bits per heavy atom. The van der Waals surface area contributed by atoms with Crippen LogP contribution in [-0.2, 0) is 0 Å². The molecule has 0 aromatic carbocycles. The van der Waals surface area contributed by atoms with Crippen LogP contribution in [0.3, 0.4) is 0 Å². The second kappa shape index (κ2) is 7.24. The summed E-state index contributed by atoms with van der Waals surface area (Å²) in [5.41, 5.74) is 4.92. The normalized spacial score (nSPS) is 20.7. The van der Waals surface area contributed by atoms with Crippen molar-refractivity contribution >= 4 is 5.82 Å². The molecule has 4 heterocycles. The maximum absolute atomic E-state index is 9.63. The van der Waals surface area contributed by atoms with E-state index in [9.17, 15) is 5.11 Å². The number of nitrogens with one attached hydrogen (secondary N) is 1. The highest BCUT2D eigenvalue weighted by Gasteiger charge is 2.41. The van der Waals surface area contributed by atoms with Gasteiger partial charge in [0, 0.05) is 36.0 Å². The highest BCUT2D eigenvalue weighted by Crippen LogP contribution is 2.52. The number of hydrogen-bond acceptors (Lipinski definition) is 6. The molecule has 29 heavy (non-hydrogen) atoms. The van der Waals surface area contributed by atoms with Gasteiger partial charge in [0.05, 0.1) is 24.1 Å². The van der Waals surface area contributed by atoms with Gasteiger partial charge in [-0.2, -0.15) is 0 Å². The van der Waals surface area contributed by atoms with E-state index in [1.54, 1.807) is 6.20 Å². The molecule has 1 fully saturated rings. The lowest BCUT2D eigenvalue weighted by Crippen LogP contribution is -2.23. The molecule has 3 aromatic rings. The summed E-state index contributed by atoms with van der Waals surface area (Å²) in [6.07, 6.45) is 4.53. The van der Waals surface area contributed by atoms with Crippen LogP contribution in [0.25, 0.3) is 22.6 Å². The van der Waals surface area contributed by atoms with Crippen molar-refractivity contribution in [2.75, 3.05) is 18.5 Å². The molecule has 3 atom stereocenters. The fraction of sp³-hybridized carbons (Fsp3) is 0.409. The molecule has 1 aliphatic carbocycles. The lowest BCUT2D eigenvalue weighted by Gasteiger charge is -2.18. The zero-order valence-electron chi connectivity index (χ0n) is 16.4. The summed E-state index contributed by atoms with van der Waals surface area (Å²) < 4.78 is 2.41. The van der Waals surface area contributed by atoms with Gasteiger partial charge in [0.15, 0.2) is 0 Å². The van der Waals surface area contributed by atoms with Crippen LogP contribution < -0.4 is 5.32 Å². The molecule has 7 heteroatoms. The molecule has 2 bridgehead atoms. The maximum atomic E-state index is 9.63. The minimum absolute atomic E-state index is 0.245. The minimum Gasteiger partial charge on any atom is -0.394 e. The molecular weight excluding hydrogens is 366 g/mol. The highest BCUT2D eigenvalue weighted by molar-refractivity contribution is 5.79. The molecular formula is C22H25N5O2. The molecule has 0 spiro atoms. The number of anilines is 1. The SMILES string of the molecule is Cc1cccc(-c2nc3n(c2-c2ccnc(NCC(O)CO)c2)[C@@H]2CC[C@H]3C2)n1. The third-order valence-electron chi connectivity index (χ3n) is 5.97. The van der Waals surface area contributed by atoms with Crippen molar-refractivity contribution in [1.29, 1.82) is 0 Å². The van der Waals surface area contributed by atoms with Crippen molar-refractivity contribution in [3.05, 3.63) is 48.0 Å². The van der Waals surface area contributed by atoms with Gasteiger partial charge in [-0.25, -0.2) is 9.97 Å². The Balaban J connectivity index is 1.60. The zero-order valence-corrected chi connectivity index (χ0v) is 16.4. The Hall–Kier alpha value is -2.77. The first-order chi connectivity index (χ1) is 14.1. The van der Waals surface area contributed by atoms with Gasteiger partial charge in [-0.3, -0.25) is 4.98 Å². The van der Waals surface area contributed by atoms with Crippen molar-refractivity contribution in [1.82, 2.24) is 19.5 Å². The van der Waals surface area contributed by atoms with Gasteiger partial charge >= 0.3 is 0 Å². The Labute approximate surface area is 169 Å². The number of pyridine rings is 2. The van der Waals surface area contributed by atoms with E-state index in [-0.39, 0.29) is 13.2 Å². The first kappa shape index (κ1) is 18.3. The predicted molar refractivity (Wildman–Crippen MR) is 111 cm³/mol. The zero-order chi connectivity index (χ0) is 20.0. The number of aromatic nitrogens is 4. The summed E-state index contributed by atoms with van der Waals surface area (Å²) in [6, 6.07) is 10.5. The standard InChI is InChI=1S/C22H25N5O2/c1-13-3-2-4-18(25-13)20-21(27-16-6-5-15(9-16)22(27)26-20)14-7-8-23-19(10-14)24-11-17(29)12-28/h2-4,7-8,10,15-17,28-29H,5-6,9,11-12H2,1H3,(H,23,24)/t15-,16+,17?/m0/s1. The van der Waals surface area contributed by atoms with Gasteiger partial charge in [0.25, 0.3) is 0 Å². The van der Waals surface area contributed by atoms with Crippen LogP contribution in [0.5, 0.6) is 0 Å². The quantitative estimate of drug-likeness (QED) is 0.598. The molecule has 5 rings (SSSR count). The summed E-state index contributed by atoms with van der Waals surface area (Å²) in [4.78, 5) is 14.2. The summed E-state index contributed by atoms with van der Waals surface area (Å²) in [5, 5.41) is 21.8. The lowest BCUT2D eigenvalue weighted by atomic mass is 10.1. The van der Waals surface area contributed by atoms with Gasteiger partial charge < -0.3 is 20.1 Å². The second-order valence-electron chi connectivity index (χ2n) is 8.01. The molecule has 1 saturated carbocycles. The number of nitrogens with zero attached hydrogens (tertiary/aromatic N) is 4. The van der Waals surface area contributed by atoms with Crippen LogP contribution in [0.15, 0.2) is 36.5 Å². The predicted octanol–water partition coefficient (Wildman–Crippen LogP) is 2.90. The van der Waals surface area contributed by atoms with E-state index in [4.69, 9.17) is 15.1 Å². The van der Waals surface area contributed by atoms with Gasteiger partial charge in [-0.1, -0.05) is 6.07 Å². The first-order valence-electron chi connectivity index (χ1n) is 10.2. The van der Waals surface area contributed by atoms with Crippen LogP contribution in [-0.4, -0.2) is 49.0 Å². The van der Waals surface area contributed by atoms with Crippen molar-refractivity contribution < 1.29 is 10.2 Å². The number of aliphatic hydroxyl groups is 2. The molecule has 3 aromatic heterocycles. The average Bonchev–Trinajstić information content (AvgIpc) is 3.44. The van der Waals surface area contributed by atoms with Gasteiger partial charge in [0.2, 0.25) is 0 Å². The Morgan fingerprint density at radius 1 is 1.24 bits per heavy atom. The first-order valence-corrected chi connectivity index (χ1v) is 10.2. The number of aliphatic hydroxyl groups excluding tert-OH is 2. The van der Waals surface area contributed by atoms with E-state index in [1.165, 1.54) is 25.1 Å². The monoisotopic (exact) mass is 391 g/mol. The van der Waals surface area contributed by atoms with Crippen LogP contribution >= 0.6 is 0 Å². The molecule has 7 nitrogen and oxygen atoms in total. The van der Waals surface area contributed by atoms with Crippen LogP contribution in [0.4, 0.5) is 5.82 Å². The summed E-state index contributed by atoms with van der Waals surface area (Å²) in [5.74, 6) is 2.38. The molecule has 3 N–H and O–H groups in total. The number of imidazole rings is 1. The van der Waals surface area contributed by atoms with Crippen LogP contribution in [0.2, 0.25) is 0 Å². The van der Waals surface area contributed by atoms with Crippen molar-refractivity contribution in [2.24, 2.45) is 0 Å². The fourth-order valence-electron chi connectivity index (χ4n) is 4.63. The highest BCUT2D eigenvalue weighted by atomic mass is 16.3. The van der Waals surface area contributed by atoms with Crippen molar-refractivity contribution in [2.45, 2.75) is 44.2 Å².